The minimum atomic E-state index is -0.761. The van der Waals surface area contributed by atoms with Crippen LogP contribution in [0.5, 0.6) is 0 Å². The number of carboxylic acid groups (broad SMARTS) is 1. The highest BCUT2D eigenvalue weighted by molar-refractivity contribution is 5.75. The topological polar surface area (TPSA) is 57.6 Å². The second kappa shape index (κ2) is 7.39. The van der Waals surface area contributed by atoms with Crippen LogP contribution in [0.1, 0.15) is 52.4 Å². The molecular weight excluding hydrogens is 230 g/mol. The van der Waals surface area contributed by atoms with Crippen LogP contribution in [-0.4, -0.2) is 35.0 Å². The summed E-state index contributed by atoms with van der Waals surface area (Å²) in [6.07, 6.45) is 6.19. The molecule has 0 heterocycles. The molecule has 1 aliphatic carbocycles. The molecule has 1 atom stereocenters. The van der Waals surface area contributed by atoms with Crippen LogP contribution in [0.3, 0.4) is 0 Å². The molecule has 0 aromatic carbocycles. The van der Waals surface area contributed by atoms with E-state index in [-0.39, 0.29) is 11.8 Å². The van der Waals surface area contributed by atoms with Crippen LogP contribution in [-0.2, 0) is 9.59 Å². The molecular formula is C14H25NO3. The van der Waals surface area contributed by atoms with Crippen LogP contribution in [0.4, 0.5) is 0 Å². The number of amides is 1. The van der Waals surface area contributed by atoms with Crippen molar-refractivity contribution in [1.29, 1.82) is 0 Å². The first-order chi connectivity index (χ1) is 8.54. The standard InChI is InChI=1S/C14H25NO3/c1-3-4-5-8-15(11(2)16)10-13(14(17)18)9-12-6-7-12/h12-13H,3-10H2,1-2H3,(H,17,18). The smallest absolute Gasteiger partial charge is 0.308 e. The maximum absolute atomic E-state index is 11.5. The highest BCUT2D eigenvalue weighted by atomic mass is 16.4. The quantitative estimate of drug-likeness (QED) is 0.644. The number of carbonyl (C=O) groups excluding carboxylic acids is 1. The Balaban J connectivity index is 2.44. The molecule has 1 aliphatic rings. The molecule has 0 spiro atoms. The summed E-state index contributed by atoms with van der Waals surface area (Å²) in [5.41, 5.74) is 0. The monoisotopic (exact) mass is 255 g/mol. The van der Waals surface area contributed by atoms with Gasteiger partial charge >= 0.3 is 5.97 Å². The van der Waals surface area contributed by atoms with Crippen LogP contribution < -0.4 is 0 Å². The molecule has 0 saturated heterocycles. The van der Waals surface area contributed by atoms with Crippen molar-refractivity contribution in [1.82, 2.24) is 4.90 Å². The van der Waals surface area contributed by atoms with E-state index in [1.807, 2.05) is 0 Å². The van der Waals surface area contributed by atoms with Gasteiger partial charge in [0.1, 0.15) is 0 Å². The number of nitrogens with zero attached hydrogens (tertiary/aromatic N) is 1. The Kier molecular flexibility index (Phi) is 6.16. The van der Waals surface area contributed by atoms with E-state index >= 15 is 0 Å². The van der Waals surface area contributed by atoms with E-state index < -0.39 is 5.97 Å². The third-order valence-electron chi connectivity index (χ3n) is 3.58. The molecule has 1 N–H and O–H groups in total. The average Bonchev–Trinajstić information content (AvgIpc) is 3.10. The fraction of sp³-hybridized carbons (Fsp3) is 0.857. The first kappa shape index (κ1) is 15.0. The lowest BCUT2D eigenvalue weighted by Crippen LogP contribution is -2.37. The largest absolute Gasteiger partial charge is 0.481 e. The predicted molar refractivity (Wildman–Crippen MR) is 70.2 cm³/mol. The van der Waals surface area contributed by atoms with Crippen molar-refractivity contribution >= 4 is 11.9 Å². The van der Waals surface area contributed by atoms with Gasteiger partial charge in [-0.25, -0.2) is 0 Å². The van der Waals surface area contributed by atoms with Crippen molar-refractivity contribution in [3.8, 4) is 0 Å². The molecule has 4 heteroatoms. The number of hydrogen-bond acceptors (Lipinski definition) is 2. The minimum Gasteiger partial charge on any atom is -0.481 e. The van der Waals surface area contributed by atoms with E-state index in [0.717, 1.165) is 38.5 Å². The lowest BCUT2D eigenvalue weighted by Gasteiger charge is -2.24. The minimum absolute atomic E-state index is 0.00634. The molecule has 1 rings (SSSR count). The Bertz CT molecular complexity index is 287. The van der Waals surface area contributed by atoms with Gasteiger partial charge < -0.3 is 10.0 Å². The molecule has 0 radical (unpaired) electrons. The lowest BCUT2D eigenvalue weighted by atomic mass is 10.0. The number of aliphatic carboxylic acids is 1. The van der Waals surface area contributed by atoms with Gasteiger partial charge in [-0.2, -0.15) is 0 Å². The molecule has 18 heavy (non-hydrogen) atoms. The van der Waals surface area contributed by atoms with Crippen LogP contribution >= 0.6 is 0 Å². The van der Waals surface area contributed by atoms with Gasteiger partial charge in [-0.15, -0.1) is 0 Å². The van der Waals surface area contributed by atoms with Gasteiger partial charge in [-0.1, -0.05) is 32.6 Å². The molecule has 1 saturated carbocycles. The highest BCUT2D eigenvalue weighted by Gasteiger charge is 2.30. The summed E-state index contributed by atoms with van der Waals surface area (Å²) in [5.74, 6) is -0.574. The summed E-state index contributed by atoms with van der Waals surface area (Å²) >= 11 is 0. The molecule has 0 aliphatic heterocycles. The first-order valence-corrected chi connectivity index (χ1v) is 7.02. The molecule has 1 unspecified atom stereocenters. The number of carbonyl (C=O) groups is 2. The van der Waals surface area contributed by atoms with Gasteiger partial charge in [0.2, 0.25) is 5.91 Å². The van der Waals surface area contributed by atoms with Crippen LogP contribution in [0.25, 0.3) is 0 Å². The van der Waals surface area contributed by atoms with Gasteiger partial charge in [0, 0.05) is 20.0 Å². The van der Waals surface area contributed by atoms with Crippen molar-refractivity contribution in [2.75, 3.05) is 13.1 Å². The van der Waals surface area contributed by atoms with E-state index in [2.05, 4.69) is 6.92 Å². The molecule has 1 fully saturated rings. The van der Waals surface area contributed by atoms with E-state index in [1.165, 1.54) is 6.92 Å². The third kappa shape index (κ3) is 5.52. The lowest BCUT2D eigenvalue weighted by molar-refractivity contribution is -0.144. The Morgan fingerprint density at radius 3 is 2.44 bits per heavy atom. The third-order valence-corrected chi connectivity index (χ3v) is 3.58. The zero-order valence-electron chi connectivity index (χ0n) is 11.5. The van der Waals surface area contributed by atoms with Gasteiger partial charge in [-0.05, 0) is 18.8 Å². The molecule has 0 aromatic rings. The van der Waals surface area contributed by atoms with Crippen molar-refractivity contribution in [3.63, 3.8) is 0 Å². The van der Waals surface area contributed by atoms with E-state index in [0.29, 0.717) is 19.0 Å². The summed E-state index contributed by atoms with van der Waals surface area (Å²) in [4.78, 5) is 24.4. The van der Waals surface area contributed by atoms with Gasteiger partial charge in [0.15, 0.2) is 0 Å². The normalized spacial score (nSPS) is 16.3. The van der Waals surface area contributed by atoms with Gasteiger partial charge in [0.05, 0.1) is 5.92 Å². The summed E-state index contributed by atoms with van der Waals surface area (Å²) in [5, 5.41) is 9.21. The maximum atomic E-state index is 11.5. The number of hydrogen-bond donors (Lipinski definition) is 1. The molecule has 0 bridgehead atoms. The van der Waals surface area contributed by atoms with Crippen molar-refractivity contribution < 1.29 is 14.7 Å². The van der Waals surface area contributed by atoms with E-state index in [1.54, 1.807) is 4.90 Å². The second-order valence-electron chi connectivity index (χ2n) is 5.39. The van der Waals surface area contributed by atoms with E-state index in [4.69, 9.17) is 0 Å². The molecule has 4 nitrogen and oxygen atoms in total. The summed E-state index contributed by atoms with van der Waals surface area (Å²) in [6.45, 7) is 4.72. The highest BCUT2D eigenvalue weighted by Crippen LogP contribution is 2.35. The number of unbranched alkanes of at least 4 members (excludes halogenated alkanes) is 2. The number of carboxylic acids is 1. The summed E-state index contributed by atoms with van der Waals surface area (Å²) < 4.78 is 0. The van der Waals surface area contributed by atoms with E-state index in [9.17, 15) is 14.7 Å². The summed E-state index contributed by atoms with van der Waals surface area (Å²) in [7, 11) is 0. The molecule has 1 amide bonds. The van der Waals surface area contributed by atoms with Crippen LogP contribution in [0.15, 0.2) is 0 Å². The van der Waals surface area contributed by atoms with Crippen LogP contribution in [0, 0.1) is 11.8 Å². The zero-order chi connectivity index (χ0) is 13.5. The Morgan fingerprint density at radius 1 is 1.33 bits per heavy atom. The molecule has 0 aromatic heterocycles. The van der Waals surface area contributed by atoms with Crippen molar-refractivity contribution in [2.45, 2.75) is 52.4 Å². The first-order valence-electron chi connectivity index (χ1n) is 7.02. The Hall–Kier alpha value is -1.06. The molecule has 104 valence electrons. The maximum Gasteiger partial charge on any atom is 0.308 e. The predicted octanol–water partition coefficient (Wildman–Crippen LogP) is 2.53. The summed E-state index contributed by atoms with van der Waals surface area (Å²) in [6, 6.07) is 0. The Labute approximate surface area is 109 Å². The van der Waals surface area contributed by atoms with Gasteiger partial charge in [0.25, 0.3) is 0 Å². The van der Waals surface area contributed by atoms with Crippen molar-refractivity contribution in [2.24, 2.45) is 11.8 Å². The average molecular weight is 255 g/mol. The fourth-order valence-corrected chi connectivity index (χ4v) is 2.21. The number of rotatable bonds is 9. The van der Waals surface area contributed by atoms with Crippen molar-refractivity contribution in [3.05, 3.63) is 0 Å². The Morgan fingerprint density at radius 2 is 2.00 bits per heavy atom. The van der Waals surface area contributed by atoms with Gasteiger partial charge in [-0.3, -0.25) is 9.59 Å². The zero-order valence-corrected chi connectivity index (χ0v) is 11.5. The van der Waals surface area contributed by atoms with Crippen LogP contribution in [0.2, 0.25) is 0 Å². The second-order valence-corrected chi connectivity index (χ2v) is 5.39. The fourth-order valence-electron chi connectivity index (χ4n) is 2.21. The SMILES string of the molecule is CCCCCN(CC(CC1CC1)C(=O)O)C(C)=O.